The van der Waals surface area contributed by atoms with Gasteiger partial charge in [0, 0.05) is 26.4 Å². The molecular weight excluding hydrogens is 296 g/mol. The second kappa shape index (κ2) is 6.16. The number of nitrogens with one attached hydrogen (secondary N) is 1. The topological polar surface area (TPSA) is 84.4 Å². The molecule has 0 saturated carbocycles. The number of rotatable bonds is 5. The number of amides is 1. The third-order valence-electron chi connectivity index (χ3n) is 4.15. The molecule has 2 aromatic rings. The van der Waals surface area contributed by atoms with Gasteiger partial charge in [-0.05, 0) is 25.5 Å². The average Bonchev–Trinajstić information content (AvgIpc) is 3.20. The molecule has 1 unspecified atom stereocenters. The standard InChI is InChI=1S/C16H22N4O3/c1-4-13-5-6-14(22-13)9-20-8-7-16(10-20,18-12(3)21)15-17-11(2)19-23-15/h5-6H,4,7-10H2,1-3H3,(H,18,21). The second-order valence-electron chi connectivity index (χ2n) is 6.09. The number of hydrogen-bond acceptors (Lipinski definition) is 6. The Hall–Kier alpha value is -2.15. The predicted octanol–water partition coefficient (Wildman–Crippen LogP) is 1.77. The third-order valence-corrected chi connectivity index (χ3v) is 4.15. The van der Waals surface area contributed by atoms with Gasteiger partial charge in [-0.1, -0.05) is 12.1 Å². The van der Waals surface area contributed by atoms with E-state index in [2.05, 4.69) is 27.3 Å². The van der Waals surface area contributed by atoms with Crippen LogP contribution in [-0.4, -0.2) is 34.0 Å². The summed E-state index contributed by atoms with van der Waals surface area (Å²) in [6.45, 7) is 7.50. The molecule has 124 valence electrons. The number of carbonyl (C=O) groups is 1. The van der Waals surface area contributed by atoms with E-state index in [-0.39, 0.29) is 5.91 Å². The summed E-state index contributed by atoms with van der Waals surface area (Å²) >= 11 is 0. The molecule has 1 atom stereocenters. The van der Waals surface area contributed by atoms with Gasteiger partial charge in [0.25, 0.3) is 5.89 Å². The number of carbonyl (C=O) groups excluding carboxylic acids is 1. The summed E-state index contributed by atoms with van der Waals surface area (Å²) in [5.41, 5.74) is -0.618. The fourth-order valence-corrected chi connectivity index (χ4v) is 3.10. The fourth-order valence-electron chi connectivity index (χ4n) is 3.10. The van der Waals surface area contributed by atoms with E-state index in [1.807, 2.05) is 12.1 Å². The molecule has 3 rings (SSSR count). The second-order valence-corrected chi connectivity index (χ2v) is 6.09. The number of hydrogen-bond donors (Lipinski definition) is 1. The molecule has 1 aliphatic rings. The molecule has 1 N–H and O–H groups in total. The molecular formula is C16H22N4O3. The van der Waals surface area contributed by atoms with Crippen LogP contribution in [0.2, 0.25) is 0 Å². The van der Waals surface area contributed by atoms with Crippen LogP contribution in [-0.2, 0) is 23.3 Å². The monoisotopic (exact) mass is 318 g/mol. The minimum atomic E-state index is -0.618. The average molecular weight is 318 g/mol. The molecule has 1 aliphatic heterocycles. The zero-order chi connectivity index (χ0) is 16.4. The SMILES string of the molecule is CCc1ccc(CN2CCC(NC(C)=O)(c3nc(C)no3)C2)o1. The Kier molecular flexibility index (Phi) is 4.21. The molecule has 0 aliphatic carbocycles. The lowest BCUT2D eigenvalue weighted by Gasteiger charge is -2.26. The summed E-state index contributed by atoms with van der Waals surface area (Å²) in [6.07, 6.45) is 1.62. The molecule has 1 saturated heterocycles. The normalized spacial score (nSPS) is 21.7. The van der Waals surface area contributed by atoms with Gasteiger partial charge in [-0.15, -0.1) is 0 Å². The van der Waals surface area contributed by atoms with E-state index in [1.165, 1.54) is 6.92 Å². The molecule has 1 amide bonds. The molecule has 7 nitrogen and oxygen atoms in total. The summed E-state index contributed by atoms with van der Waals surface area (Å²) in [5, 5.41) is 6.87. The Morgan fingerprint density at radius 1 is 1.43 bits per heavy atom. The van der Waals surface area contributed by atoms with Crippen molar-refractivity contribution in [3.63, 3.8) is 0 Å². The number of likely N-dealkylation sites (tertiary alicyclic amines) is 1. The van der Waals surface area contributed by atoms with Gasteiger partial charge in [-0.3, -0.25) is 9.69 Å². The van der Waals surface area contributed by atoms with Crippen LogP contribution in [0.25, 0.3) is 0 Å². The van der Waals surface area contributed by atoms with Crippen molar-refractivity contribution in [1.29, 1.82) is 0 Å². The Bertz CT molecular complexity index is 693. The van der Waals surface area contributed by atoms with Crippen LogP contribution in [0.4, 0.5) is 0 Å². The van der Waals surface area contributed by atoms with Crippen LogP contribution >= 0.6 is 0 Å². The summed E-state index contributed by atoms with van der Waals surface area (Å²) in [4.78, 5) is 18.2. The lowest BCUT2D eigenvalue weighted by Crippen LogP contribution is -2.47. The van der Waals surface area contributed by atoms with Crippen molar-refractivity contribution in [2.45, 2.75) is 45.7 Å². The van der Waals surface area contributed by atoms with Crippen LogP contribution in [0, 0.1) is 6.92 Å². The van der Waals surface area contributed by atoms with Crippen molar-refractivity contribution in [3.8, 4) is 0 Å². The summed E-state index contributed by atoms with van der Waals surface area (Å²) in [6, 6.07) is 4.02. The maximum atomic E-state index is 11.7. The van der Waals surface area contributed by atoms with Gasteiger partial charge in [-0.25, -0.2) is 0 Å². The highest BCUT2D eigenvalue weighted by Crippen LogP contribution is 2.32. The van der Waals surface area contributed by atoms with Crippen LogP contribution in [0.1, 0.15) is 43.5 Å². The van der Waals surface area contributed by atoms with E-state index in [0.29, 0.717) is 24.8 Å². The first kappa shape index (κ1) is 15.7. The number of aryl methyl sites for hydroxylation is 2. The van der Waals surface area contributed by atoms with Crippen molar-refractivity contribution in [2.75, 3.05) is 13.1 Å². The van der Waals surface area contributed by atoms with Crippen molar-refractivity contribution >= 4 is 5.91 Å². The van der Waals surface area contributed by atoms with Crippen LogP contribution in [0.15, 0.2) is 21.1 Å². The first-order valence-corrected chi connectivity index (χ1v) is 7.90. The van der Waals surface area contributed by atoms with E-state index >= 15 is 0 Å². The van der Waals surface area contributed by atoms with Gasteiger partial charge in [0.1, 0.15) is 17.1 Å². The van der Waals surface area contributed by atoms with Gasteiger partial charge in [-0.2, -0.15) is 4.98 Å². The van der Waals surface area contributed by atoms with E-state index in [1.54, 1.807) is 6.92 Å². The molecule has 3 heterocycles. The Morgan fingerprint density at radius 3 is 2.83 bits per heavy atom. The molecule has 0 radical (unpaired) electrons. The van der Waals surface area contributed by atoms with Crippen LogP contribution in [0.3, 0.4) is 0 Å². The van der Waals surface area contributed by atoms with Gasteiger partial charge in [0.2, 0.25) is 5.91 Å². The van der Waals surface area contributed by atoms with Gasteiger partial charge < -0.3 is 14.3 Å². The fraction of sp³-hybridized carbons (Fsp3) is 0.562. The summed E-state index contributed by atoms with van der Waals surface area (Å²) < 4.78 is 11.1. The van der Waals surface area contributed by atoms with Crippen LogP contribution < -0.4 is 5.32 Å². The first-order chi connectivity index (χ1) is 11.0. The van der Waals surface area contributed by atoms with Crippen molar-refractivity contribution in [2.24, 2.45) is 0 Å². The van der Waals surface area contributed by atoms with Crippen molar-refractivity contribution in [3.05, 3.63) is 35.4 Å². The van der Waals surface area contributed by atoms with Crippen molar-refractivity contribution < 1.29 is 13.7 Å². The van der Waals surface area contributed by atoms with Gasteiger partial charge >= 0.3 is 0 Å². The number of furan rings is 1. The summed E-state index contributed by atoms with van der Waals surface area (Å²) in [7, 11) is 0. The molecule has 0 bridgehead atoms. The Labute approximate surface area is 135 Å². The summed E-state index contributed by atoms with van der Waals surface area (Å²) in [5.74, 6) is 2.86. The maximum Gasteiger partial charge on any atom is 0.253 e. The van der Waals surface area contributed by atoms with Gasteiger partial charge in [0.15, 0.2) is 5.82 Å². The van der Waals surface area contributed by atoms with Crippen LogP contribution in [0.5, 0.6) is 0 Å². The maximum absolute atomic E-state index is 11.7. The zero-order valence-electron chi connectivity index (χ0n) is 13.8. The third kappa shape index (κ3) is 3.29. The number of aromatic nitrogens is 2. The zero-order valence-corrected chi connectivity index (χ0v) is 13.8. The lowest BCUT2D eigenvalue weighted by atomic mass is 9.98. The molecule has 1 fully saturated rings. The highest BCUT2D eigenvalue weighted by atomic mass is 16.5. The van der Waals surface area contributed by atoms with Gasteiger partial charge in [0.05, 0.1) is 6.54 Å². The highest BCUT2D eigenvalue weighted by molar-refractivity contribution is 5.74. The Balaban J connectivity index is 1.76. The highest BCUT2D eigenvalue weighted by Gasteiger charge is 2.45. The van der Waals surface area contributed by atoms with E-state index in [4.69, 9.17) is 8.94 Å². The quantitative estimate of drug-likeness (QED) is 0.904. The predicted molar refractivity (Wildman–Crippen MR) is 82.5 cm³/mol. The minimum absolute atomic E-state index is 0.103. The first-order valence-electron chi connectivity index (χ1n) is 7.90. The molecule has 7 heteroatoms. The molecule has 0 spiro atoms. The Morgan fingerprint density at radius 2 is 2.22 bits per heavy atom. The molecule has 23 heavy (non-hydrogen) atoms. The molecule has 0 aromatic carbocycles. The molecule has 2 aromatic heterocycles. The van der Waals surface area contributed by atoms with E-state index in [0.717, 1.165) is 30.9 Å². The smallest absolute Gasteiger partial charge is 0.253 e. The van der Waals surface area contributed by atoms with E-state index in [9.17, 15) is 4.79 Å². The number of nitrogens with zero attached hydrogens (tertiary/aromatic N) is 3. The minimum Gasteiger partial charge on any atom is -0.465 e. The largest absolute Gasteiger partial charge is 0.465 e. The lowest BCUT2D eigenvalue weighted by molar-refractivity contribution is -0.121. The van der Waals surface area contributed by atoms with Crippen molar-refractivity contribution in [1.82, 2.24) is 20.4 Å². The van der Waals surface area contributed by atoms with E-state index < -0.39 is 5.54 Å².